The molecule has 1 amide bonds. The lowest BCUT2D eigenvalue weighted by Crippen LogP contribution is -2.25. The van der Waals surface area contributed by atoms with Crippen molar-refractivity contribution >= 4 is 17.6 Å². The molecule has 6 nitrogen and oxygen atoms in total. The van der Waals surface area contributed by atoms with Crippen molar-refractivity contribution in [3.8, 4) is 18.1 Å². The van der Waals surface area contributed by atoms with Gasteiger partial charge in [0.25, 0.3) is 5.91 Å². The van der Waals surface area contributed by atoms with Crippen LogP contribution in [-0.2, 0) is 9.53 Å². The number of esters is 1. The maximum Gasteiger partial charge on any atom is 0.339 e. The van der Waals surface area contributed by atoms with E-state index < -0.39 is 5.97 Å². The number of hydrogen-bond acceptors (Lipinski definition) is 5. The summed E-state index contributed by atoms with van der Waals surface area (Å²) < 4.78 is 9.94. The van der Waals surface area contributed by atoms with Crippen LogP contribution in [0.15, 0.2) is 18.2 Å². The maximum absolute atomic E-state index is 11.5. The number of carbonyl (C=O) groups excluding carboxylic acids is 2. The van der Waals surface area contributed by atoms with Gasteiger partial charge in [0.05, 0.1) is 11.3 Å². The molecule has 1 rings (SSSR count). The molecule has 0 heterocycles. The van der Waals surface area contributed by atoms with Crippen molar-refractivity contribution < 1.29 is 19.1 Å². The number of hydrogen-bond donors (Lipinski definition) is 2. The molecule has 0 spiro atoms. The van der Waals surface area contributed by atoms with Crippen LogP contribution < -0.4 is 15.8 Å². The molecular formula is C13H14N2O4. The van der Waals surface area contributed by atoms with Crippen LogP contribution in [0.25, 0.3) is 0 Å². The van der Waals surface area contributed by atoms with Gasteiger partial charge in [0.1, 0.15) is 5.75 Å². The van der Waals surface area contributed by atoms with Crippen LogP contribution >= 0.6 is 0 Å². The normalized spacial score (nSPS) is 9.26. The van der Waals surface area contributed by atoms with E-state index in [9.17, 15) is 9.59 Å². The number of terminal acetylenes is 1. The Hall–Kier alpha value is -2.68. The van der Waals surface area contributed by atoms with Gasteiger partial charge in [-0.3, -0.25) is 4.79 Å². The standard InChI is InChI=1S/C13H14N2O4/c1-3-6-18-13(17)9-4-5-11(10(14)7-9)19-8-12(16)15-2/h1,4-5,7H,6,8,14H2,2H3,(H,15,16). The summed E-state index contributed by atoms with van der Waals surface area (Å²) in [6.45, 7) is -0.255. The Morgan fingerprint density at radius 1 is 1.47 bits per heavy atom. The fraction of sp³-hybridized carbons (Fsp3) is 0.231. The van der Waals surface area contributed by atoms with Gasteiger partial charge in [0.15, 0.2) is 13.2 Å². The van der Waals surface area contributed by atoms with Crippen LogP contribution in [0.3, 0.4) is 0 Å². The van der Waals surface area contributed by atoms with Crippen molar-refractivity contribution in [3.05, 3.63) is 23.8 Å². The van der Waals surface area contributed by atoms with Gasteiger partial charge in [0.2, 0.25) is 0 Å². The predicted molar refractivity (Wildman–Crippen MR) is 69.5 cm³/mol. The van der Waals surface area contributed by atoms with Gasteiger partial charge in [-0.15, -0.1) is 6.42 Å². The van der Waals surface area contributed by atoms with Crippen LogP contribution in [0, 0.1) is 12.3 Å². The number of anilines is 1. The van der Waals surface area contributed by atoms with Crippen molar-refractivity contribution in [2.45, 2.75) is 0 Å². The van der Waals surface area contributed by atoms with E-state index in [0.717, 1.165) is 0 Å². The second kappa shape index (κ2) is 6.91. The summed E-state index contributed by atoms with van der Waals surface area (Å²) in [5.74, 6) is 1.66. The van der Waals surface area contributed by atoms with Crippen molar-refractivity contribution in [3.63, 3.8) is 0 Å². The molecule has 100 valence electrons. The number of carbonyl (C=O) groups is 2. The average Bonchev–Trinajstić information content (AvgIpc) is 2.42. The lowest BCUT2D eigenvalue weighted by atomic mass is 10.2. The average molecular weight is 262 g/mol. The monoisotopic (exact) mass is 262 g/mol. The number of nitrogens with two attached hydrogens (primary N) is 1. The summed E-state index contributed by atoms with van der Waals surface area (Å²) in [6, 6.07) is 4.37. The molecule has 0 aliphatic rings. The molecule has 0 radical (unpaired) electrons. The van der Waals surface area contributed by atoms with Gasteiger partial charge in [-0.1, -0.05) is 5.92 Å². The smallest absolute Gasteiger partial charge is 0.339 e. The molecule has 1 aromatic carbocycles. The van der Waals surface area contributed by atoms with Gasteiger partial charge in [-0.05, 0) is 18.2 Å². The number of rotatable bonds is 5. The topological polar surface area (TPSA) is 90.6 Å². The highest BCUT2D eigenvalue weighted by Gasteiger charge is 2.10. The van der Waals surface area contributed by atoms with Gasteiger partial charge in [-0.25, -0.2) is 4.79 Å². The Labute approximate surface area is 110 Å². The molecule has 0 atom stereocenters. The third kappa shape index (κ3) is 4.24. The first-order valence-electron chi connectivity index (χ1n) is 5.42. The molecule has 0 saturated carbocycles. The predicted octanol–water partition coefficient (Wildman–Crippen LogP) is 0.184. The van der Waals surface area contributed by atoms with Crippen LogP contribution in [0.1, 0.15) is 10.4 Å². The lowest BCUT2D eigenvalue weighted by molar-refractivity contribution is -0.122. The van der Waals surface area contributed by atoms with Gasteiger partial charge >= 0.3 is 5.97 Å². The van der Waals surface area contributed by atoms with Crippen LogP contribution in [0.5, 0.6) is 5.75 Å². The van der Waals surface area contributed by atoms with Crippen molar-refractivity contribution in [1.29, 1.82) is 0 Å². The Morgan fingerprint density at radius 2 is 2.21 bits per heavy atom. The minimum absolute atomic E-state index is 0.104. The minimum Gasteiger partial charge on any atom is -0.482 e. The van der Waals surface area contributed by atoms with E-state index in [0.29, 0.717) is 5.75 Å². The van der Waals surface area contributed by atoms with Crippen molar-refractivity contribution in [2.75, 3.05) is 26.0 Å². The second-order valence-corrected chi connectivity index (χ2v) is 3.49. The number of ether oxygens (including phenoxy) is 2. The van der Waals surface area contributed by atoms with Gasteiger partial charge in [0, 0.05) is 7.05 Å². The van der Waals surface area contributed by atoms with E-state index in [4.69, 9.17) is 21.6 Å². The van der Waals surface area contributed by atoms with Crippen LogP contribution in [0.2, 0.25) is 0 Å². The molecule has 3 N–H and O–H groups in total. The SMILES string of the molecule is C#CCOC(=O)c1ccc(OCC(=O)NC)c(N)c1. The molecular weight excluding hydrogens is 248 g/mol. The lowest BCUT2D eigenvalue weighted by Gasteiger charge is -2.09. The summed E-state index contributed by atoms with van der Waals surface area (Å²) >= 11 is 0. The Balaban J connectivity index is 2.72. The number of benzene rings is 1. The molecule has 0 aromatic heterocycles. The summed E-state index contributed by atoms with van der Waals surface area (Å²) in [7, 11) is 1.50. The summed E-state index contributed by atoms with van der Waals surface area (Å²) in [6.07, 6.45) is 4.98. The molecule has 0 unspecified atom stereocenters. The fourth-order valence-electron chi connectivity index (χ4n) is 1.21. The first kappa shape index (κ1) is 14.4. The highest BCUT2D eigenvalue weighted by atomic mass is 16.5. The maximum atomic E-state index is 11.5. The van der Waals surface area contributed by atoms with Crippen molar-refractivity contribution in [2.24, 2.45) is 0 Å². The van der Waals surface area contributed by atoms with Gasteiger partial charge in [-0.2, -0.15) is 0 Å². The Morgan fingerprint density at radius 3 is 2.79 bits per heavy atom. The third-order valence-electron chi connectivity index (χ3n) is 2.17. The molecule has 0 aliphatic carbocycles. The molecule has 0 fully saturated rings. The van der Waals surface area contributed by atoms with E-state index >= 15 is 0 Å². The molecule has 1 aromatic rings. The zero-order chi connectivity index (χ0) is 14.3. The quantitative estimate of drug-likeness (QED) is 0.449. The highest BCUT2D eigenvalue weighted by molar-refractivity contribution is 5.91. The number of amides is 1. The molecule has 0 saturated heterocycles. The highest BCUT2D eigenvalue weighted by Crippen LogP contribution is 2.22. The van der Waals surface area contributed by atoms with E-state index in [-0.39, 0.29) is 30.4 Å². The Kier molecular flexibility index (Phi) is 5.23. The van der Waals surface area contributed by atoms with E-state index in [1.807, 2.05) is 0 Å². The number of nitrogen functional groups attached to an aromatic ring is 1. The fourth-order valence-corrected chi connectivity index (χ4v) is 1.21. The molecule has 6 heteroatoms. The summed E-state index contributed by atoms with van der Waals surface area (Å²) in [5.41, 5.74) is 6.21. The molecule has 0 aliphatic heterocycles. The van der Waals surface area contributed by atoms with E-state index in [1.165, 1.54) is 25.2 Å². The van der Waals surface area contributed by atoms with Crippen LogP contribution in [0.4, 0.5) is 5.69 Å². The van der Waals surface area contributed by atoms with Crippen molar-refractivity contribution in [1.82, 2.24) is 5.32 Å². The third-order valence-corrected chi connectivity index (χ3v) is 2.17. The number of likely N-dealkylation sites (N-methyl/N-ethyl adjacent to an activating group) is 1. The van der Waals surface area contributed by atoms with E-state index in [2.05, 4.69) is 11.2 Å². The zero-order valence-corrected chi connectivity index (χ0v) is 10.4. The largest absolute Gasteiger partial charge is 0.482 e. The first-order chi connectivity index (χ1) is 9.08. The molecule has 19 heavy (non-hydrogen) atoms. The van der Waals surface area contributed by atoms with Gasteiger partial charge < -0.3 is 20.5 Å². The summed E-state index contributed by atoms with van der Waals surface area (Å²) in [4.78, 5) is 22.5. The zero-order valence-electron chi connectivity index (χ0n) is 10.4. The number of nitrogens with one attached hydrogen (secondary N) is 1. The molecule has 0 bridgehead atoms. The van der Waals surface area contributed by atoms with Crippen LogP contribution in [-0.4, -0.2) is 32.1 Å². The minimum atomic E-state index is -0.567. The second-order valence-electron chi connectivity index (χ2n) is 3.49. The Bertz CT molecular complexity index is 520. The summed E-state index contributed by atoms with van der Waals surface area (Å²) in [5, 5.41) is 2.41. The first-order valence-corrected chi connectivity index (χ1v) is 5.42. The van der Waals surface area contributed by atoms with E-state index in [1.54, 1.807) is 0 Å².